The van der Waals surface area contributed by atoms with Gasteiger partial charge >= 0.3 is 0 Å². The number of benzene rings is 3. The number of rotatable bonds is 2. The zero-order chi connectivity index (χ0) is 24.5. The van der Waals surface area contributed by atoms with Crippen molar-refractivity contribution < 1.29 is 9.59 Å². The van der Waals surface area contributed by atoms with Gasteiger partial charge in [-0.3, -0.25) is 19.4 Å². The van der Waals surface area contributed by atoms with Crippen LogP contribution in [-0.4, -0.2) is 11.8 Å². The molecule has 0 fully saturated rings. The summed E-state index contributed by atoms with van der Waals surface area (Å²) in [5, 5.41) is -0.454. The van der Waals surface area contributed by atoms with Gasteiger partial charge in [0.25, 0.3) is 11.8 Å². The van der Waals surface area contributed by atoms with Gasteiger partial charge in [0.1, 0.15) is 0 Å². The van der Waals surface area contributed by atoms with Gasteiger partial charge in [0.15, 0.2) is 0 Å². The van der Waals surface area contributed by atoms with Crippen molar-refractivity contribution in [3.63, 3.8) is 0 Å². The number of aryl methyl sites for hydroxylation is 6. The van der Waals surface area contributed by atoms with Crippen molar-refractivity contribution in [2.24, 2.45) is 0 Å². The van der Waals surface area contributed by atoms with Crippen LogP contribution >= 0.6 is 26.5 Å². The number of hydrogen-bond donors (Lipinski definition) is 0. The van der Waals surface area contributed by atoms with Crippen LogP contribution in [0.3, 0.4) is 0 Å². The van der Waals surface area contributed by atoms with E-state index in [0.717, 1.165) is 33.6 Å². The number of amides is 2. The zero-order valence-corrected chi connectivity index (χ0v) is 24.2. The smallest absolute Gasteiger partial charge is 0.262 e. The molecule has 0 saturated carbocycles. The van der Waals surface area contributed by atoms with Crippen LogP contribution in [-0.2, 0) is 5.15 Å². The van der Waals surface area contributed by atoms with E-state index in [9.17, 15) is 9.59 Å². The van der Waals surface area contributed by atoms with Crippen molar-refractivity contribution in [1.82, 2.24) is 0 Å². The van der Waals surface area contributed by atoms with Gasteiger partial charge in [-0.05, 0) is 88.7 Å². The lowest BCUT2D eigenvalue weighted by atomic mass is 10.0. The fourth-order valence-corrected chi connectivity index (χ4v) is 66.6. The molecule has 0 N–H and O–H groups in total. The predicted octanol–water partition coefficient (Wildman–Crippen LogP) is 9.11. The second-order valence-corrected chi connectivity index (χ2v) is 33.4. The first kappa shape index (κ1) is 22.0. The van der Waals surface area contributed by atoms with E-state index in [1.807, 2.05) is 24.3 Å². The molecule has 2 aromatic heterocycles. The second kappa shape index (κ2) is 6.97. The highest BCUT2D eigenvalue weighted by Crippen LogP contribution is 3.28. The molecule has 3 aromatic carbocycles. The molecular formula is C27H26N2O2P4. The maximum atomic E-state index is 14.5. The Kier molecular flexibility index (Phi) is 4.39. The third-order valence-corrected chi connectivity index (χ3v) is 48.9. The Labute approximate surface area is 208 Å². The van der Waals surface area contributed by atoms with Gasteiger partial charge in [-0.25, -0.2) is 0 Å². The Morgan fingerprint density at radius 2 is 0.943 bits per heavy atom. The summed E-state index contributed by atoms with van der Waals surface area (Å²) in [4.78, 5) is 33.4. The van der Waals surface area contributed by atoms with E-state index in [4.69, 9.17) is 0 Å². The van der Waals surface area contributed by atoms with Gasteiger partial charge in [-0.1, -0.05) is 47.5 Å². The summed E-state index contributed by atoms with van der Waals surface area (Å²) < 4.78 is 0. The van der Waals surface area contributed by atoms with E-state index in [1.54, 1.807) is 0 Å². The summed E-state index contributed by atoms with van der Waals surface area (Å²) in [7, 11) is 0. The molecule has 4 nitrogen and oxygen atoms in total. The topological polar surface area (TPSA) is 40.6 Å². The van der Waals surface area contributed by atoms with E-state index in [1.165, 1.54) is 11.1 Å². The van der Waals surface area contributed by atoms with E-state index in [-0.39, 0.29) is 38.3 Å². The Morgan fingerprint density at radius 1 is 0.600 bits per heavy atom. The molecule has 0 saturated heterocycles. The van der Waals surface area contributed by atoms with Crippen molar-refractivity contribution in [3.8, 4) is 0 Å². The van der Waals surface area contributed by atoms with Gasteiger partial charge in [-0.2, -0.15) is 0 Å². The van der Waals surface area contributed by atoms with Gasteiger partial charge in [0.2, 0.25) is 5.15 Å². The molecule has 2 bridgehead atoms. The summed E-state index contributed by atoms with van der Waals surface area (Å²) in [6, 6.07) is 16.2. The summed E-state index contributed by atoms with van der Waals surface area (Å²) in [6.07, 6.45) is 0.313. The number of anilines is 2. The van der Waals surface area contributed by atoms with Crippen molar-refractivity contribution in [3.05, 3.63) is 93.0 Å². The van der Waals surface area contributed by atoms with Crippen molar-refractivity contribution in [1.29, 1.82) is 0 Å². The molecule has 2 amide bonds. The Hall–Kier alpha value is -2.20. The molecular weight excluding hydrogens is 508 g/mol. The van der Waals surface area contributed by atoms with Gasteiger partial charge in [-0.15, -0.1) is 0 Å². The van der Waals surface area contributed by atoms with E-state index in [2.05, 4.69) is 75.6 Å². The van der Waals surface area contributed by atoms with Crippen LogP contribution in [0.15, 0.2) is 48.5 Å². The summed E-state index contributed by atoms with van der Waals surface area (Å²) in [6.45, 7) is 12.1. The lowest BCUT2D eigenvalue weighted by molar-refractivity contribution is 0.0975. The monoisotopic (exact) mass is 534 g/mol. The highest BCUT2D eigenvalue weighted by Gasteiger charge is 2.75. The number of carbonyl (C=O) groups is 2. The number of nitrogens with zero attached hydrogens (tertiary/aromatic N) is 2. The van der Waals surface area contributed by atoms with Crippen molar-refractivity contribution in [2.75, 3.05) is 9.80 Å². The first-order chi connectivity index (χ1) is 16.7. The van der Waals surface area contributed by atoms with Gasteiger partial charge < -0.3 is 0 Å². The molecule has 5 aromatic rings. The van der Waals surface area contributed by atoms with Crippen LogP contribution in [0.5, 0.6) is 0 Å². The Bertz CT molecular complexity index is 1540. The fraction of sp³-hybridized carbons (Fsp3) is 0.259. The van der Waals surface area contributed by atoms with Crippen LogP contribution < -0.4 is 9.80 Å². The minimum atomic E-state index is -0.454. The maximum Gasteiger partial charge on any atom is 0.262 e. The molecule has 176 valence electrons. The second-order valence-electron chi connectivity index (χ2n) is 10.0. The molecule has 3 aliphatic heterocycles. The van der Waals surface area contributed by atoms with E-state index >= 15 is 0 Å². The van der Waals surface area contributed by atoms with Crippen LogP contribution in [0.4, 0.5) is 11.4 Å². The third kappa shape index (κ3) is 2.57. The molecule has 8 heteroatoms. The minimum Gasteiger partial charge on any atom is -0.269 e. The number of hydrogen-bond acceptors (Lipinski definition) is 2. The highest BCUT2D eigenvalue weighted by molar-refractivity contribution is 9.14. The standard InChI is InChI=1S/C27H26N2O2P4/c1-15-11-17(3)23(18(4)12-15)28-25(30)21-9-7-8-10-22(21)26(31)29(27(28)32-34-33(27)35(32)34)24-19(5)13-16(2)14-20(24)6/h7-14H,1-6H3. The Balaban J connectivity index is 1.59. The average Bonchev–Trinajstić information content (AvgIpc) is 3.64. The predicted molar refractivity (Wildman–Crippen MR) is 152 cm³/mol. The molecule has 35 heavy (non-hydrogen) atoms. The van der Waals surface area contributed by atoms with Crippen molar-refractivity contribution in [2.45, 2.75) is 46.7 Å². The lowest BCUT2D eigenvalue weighted by Gasteiger charge is -2.52. The van der Waals surface area contributed by atoms with Crippen LogP contribution in [0, 0.1) is 41.5 Å². The van der Waals surface area contributed by atoms with Gasteiger partial charge in [0.05, 0.1) is 22.5 Å². The summed E-state index contributed by atoms with van der Waals surface area (Å²) in [5.74, 6) is 0.000224. The molecule has 8 rings (SSSR count). The first-order valence-corrected chi connectivity index (χ1v) is 20.7. The highest BCUT2D eigenvalue weighted by atomic mass is 33.1. The molecule has 0 radical (unpaired) electrons. The first-order valence-electron chi connectivity index (χ1n) is 11.8. The normalized spacial score (nSPS) is 18.6. The minimum absolute atomic E-state index is 0.000112. The maximum absolute atomic E-state index is 14.5. The van der Waals surface area contributed by atoms with Crippen LogP contribution in [0.25, 0.3) is 0 Å². The Morgan fingerprint density at radius 3 is 1.26 bits per heavy atom. The molecule has 3 aliphatic rings. The van der Waals surface area contributed by atoms with E-state index < -0.39 is 5.15 Å². The zero-order valence-electron chi connectivity index (χ0n) is 20.6. The molecule has 0 atom stereocenters. The third-order valence-electron chi connectivity index (χ3n) is 7.43. The van der Waals surface area contributed by atoms with Crippen LogP contribution in [0.1, 0.15) is 54.1 Å². The lowest BCUT2D eigenvalue weighted by Crippen LogP contribution is -2.56. The molecule has 5 heterocycles. The summed E-state index contributed by atoms with van der Waals surface area (Å²) in [5.41, 5.74) is 9.99. The van der Waals surface area contributed by atoms with E-state index in [0.29, 0.717) is 11.1 Å². The summed E-state index contributed by atoms with van der Waals surface area (Å²) >= 11 is 0. The van der Waals surface area contributed by atoms with Crippen LogP contribution in [0.2, 0.25) is 0 Å². The largest absolute Gasteiger partial charge is 0.269 e. The molecule has 0 aliphatic carbocycles. The quantitative estimate of drug-likeness (QED) is 0.227. The molecule has 1 spiro atoms. The fourth-order valence-electron chi connectivity index (χ4n) is 6.22. The van der Waals surface area contributed by atoms with Gasteiger partial charge in [0, 0.05) is 13.8 Å². The van der Waals surface area contributed by atoms with Crippen molar-refractivity contribution >= 4 is 49.7 Å². The SMILES string of the molecule is Cc1cc(C)c(N2C(=O)c3ccccc3C(=O)N(c3c(C)cc(C)cc3C)C23p2p4p3p24)c(C)c1. The average molecular weight is 534 g/mol. The molecule has 0 unspecified atom stereocenters. The number of fused-ring (bicyclic) bond motifs is 1. The number of carbonyl (C=O) groups excluding carboxylic acids is 2.